The summed E-state index contributed by atoms with van der Waals surface area (Å²) in [5.74, 6) is -2.33. The van der Waals surface area contributed by atoms with Gasteiger partial charge in [0.15, 0.2) is 11.6 Å². The molecule has 2 heterocycles. The fraction of sp³-hybridized carbons (Fsp3) is 0.195. The number of carbonyl (C=O) groups excluding carboxylic acids is 2. The monoisotopic (exact) mass is 747 g/mol. The molecule has 0 aliphatic heterocycles. The van der Waals surface area contributed by atoms with Crippen LogP contribution < -0.4 is 25.7 Å². The summed E-state index contributed by atoms with van der Waals surface area (Å²) in [6.45, 7) is 3.44. The maximum absolute atomic E-state index is 15.4. The zero-order valence-electron chi connectivity index (χ0n) is 30.2. The lowest BCUT2D eigenvalue weighted by molar-refractivity contribution is -0.139. The van der Waals surface area contributed by atoms with Gasteiger partial charge in [0.1, 0.15) is 29.7 Å². The molecule has 4 aromatic carbocycles. The van der Waals surface area contributed by atoms with Gasteiger partial charge >= 0.3 is 12.1 Å². The van der Waals surface area contributed by atoms with Gasteiger partial charge < -0.3 is 30.0 Å². The first-order valence-electron chi connectivity index (χ1n) is 17.3. The Morgan fingerprint density at radius 2 is 1.65 bits per heavy atom. The third-order valence-electron chi connectivity index (χ3n) is 8.87. The summed E-state index contributed by atoms with van der Waals surface area (Å²) in [4.78, 5) is 56.7. The molecule has 0 saturated heterocycles. The molecular formula is C41H38FN5O8. The molecule has 0 bridgehead atoms. The van der Waals surface area contributed by atoms with Crippen molar-refractivity contribution in [3.63, 3.8) is 0 Å². The number of alkyl carbamates (subject to hydrolysis) is 1. The minimum atomic E-state index is -1.29. The second kappa shape index (κ2) is 16.8. The van der Waals surface area contributed by atoms with Crippen LogP contribution in [0, 0.1) is 18.7 Å². The van der Waals surface area contributed by atoms with E-state index in [0.717, 1.165) is 11.6 Å². The molecule has 0 saturated carbocycles. The van der Waals surface area contributed by atoms with Crippen LogP contribution >= 0.6 is 0 Å². The summed E-state index contributed by atoms with van der Waals surface area (Å²) in [5.41, 5.74) is 1.36. The standard InChI is InChI=1S/C41H38FN5O8/c1-25(20-34(40(50)51)45-41(52)54-24-27-10-6-4-7-11-27)23-46-26(2)37(39(49)47(46)29-12-8-5-9-13-29)38(48)44-28-14-17-36(32(42)21-28)55-35-18-19-43-33-22-30(53-3)15-16-31(33)35/h4-19,21-22,25,34H,20,23-24H2,1-3H3,(H,44,48)(H,45,52)(H,50,51)/t25-,34+/m1/s1. The number of ether oxygens (including phenoxy) is 3. The van der Waals surface area contributed by atoms with E-state index in [1.54, 1.807) is 105 Å². The molecular weight excluding hydrogens is 709 g/mol. The van der Waals surface area contributed by atoms with Crippen molar-refractivity contribution in [2.75, 3.05) is 12.4 Å². The first kappa shape index (κ1) is 37.8. The Hall–Kier alpha value is -6.96. The highest BCUT2D eigenvalue weighted by atomic mass is 19.1. The number of nitrogens with one attached hydrogen (secondary N) is 2. The quantitative estimate of drug-likeness (QED) is 0.106. The van der Waals surface area contributed by atoms with Crippen molar-refractivity contribution in [1.82, 2.24) is 19.7 Å². The van der Waals surface area contributed by atoms with Gasteiger partial charge in [-0.05, 0) is 67.3 Å². The summed E-state index contributed by atoms with van der Waals surface area (Å²) < 4.78 is 34.7. The molecule has 14 heteroatoms. The van der Waals surface area contributed by atoms with Gasteiger partial charge in [0.2, 0.25) is 0 Å². The molecule has 3 N–H and O–H groups in total. The summed E-state index contributed by atoms with van der Waals surface area (Å²) >= 11 is 0. The van der Waals surface area contributed by atoms with Gasteiger partial charge in [-0.1, -0.05) is 55.5 Å². The Morgan fingerprint density at radius 1 is 0.927 bits per heavy atom. The Bertz CT molecular complexity index is 2400. The minimum Gasteiger partial charge on any atom is -0.497 e. The number of carbonyl (C=O) groups is 3. The first-order valence-corrected chi connectivity index (χ1v) is 17.3. The number of halogens is 1. The molecule has 2 amide bonds. The molecule has 6 rings (SSSR count). The lowest BCUT2D eigenvalue weighted by Crippen LogP contribution is -2.42. The van der Waals surface area contributed by atoms with E-state index < -0.39 is 41.3 Å². The first-order chi connectivity index (χ1) is 26.5. The zero-order chi connectivity index (χ0) is 39.1. The van der Waals surface area contributed by atoms with Gasteiger partial charge in [-0.25, -0.2) is 18.7 Å². The lowest BCUT2D eigenvalue weighted by atomic mass is 10.0. The number of rotatable bonds is 14. The van der Waals surface area contributed by atoms with Gasteiger partial charge in [0.05, 0.1) is 24.0 Å². The molecule has 0 aliphatic carbocycles. The second-order valence-electron chi connectivity index (χ2n) is 12.8. The number of methoxy groups -OCH3 is 1. The third kappa shape index (κ3) is 8.82. The summed E-state index contributed by atoms with van der Waals surface area (Å²) in [6.07, 6.45) is 0.630. The van der Waals surface area contributed by atoms with Crippen molar-refractivity contribution >= 4 is 34.6 Å². The number of carboxylic acid groups (broad SMARTS) is 1. The van der Waals surface area contributed by atoms with Gasteiger partial charge in [-0.15, -0.1) is 0 Å². The number of aliphatic carboxylic acids is 1. The third-order valence-corrected chi connectivity index (χ3v) is 8.87. The van der Waals surface area contributed by atoms with Crippen molar-refractivity contribution in [3.05, 3.63) is 142 Å². The van der Waals surface area contributed by atoms with Crippen LogP contribution in [0.25, 0.3) is 16.6 Å². The van der Waals surface area contributed by atoms with Crippen LogP contribution in [0.1, 0.15) is 35.0 Å². The highest BCUT2D eigenvalue weighted by molar-refractivity contribution is 6.05. The number of fused-ring (bicyclic) bond motifs is 1. The Labute approximate surface area is 314 Å². The highest BCUT2D eigenvalue weighted by Gasteiger charge is 2.28. The van der Waals surface area contributed by atoms with Crippen molar-refractivity contribution < 1.29 is 38.1 Å². The fourth-order valence-corrected chi connectivity index (χ4v) is 6.15. The molecule has 2 atom stereocenters. The van der Waals surface area contributed by atoms with E-state index in [1.165, 1.54) is 23.0 Å². The average molecular weight is 748 g/mol. The summed E-state index contributed by atoms with van der Waals surface area (Å²) in [5, 5.41) is 15.6. The minimum absolute atomic E-state index is 0.0188. The van der Waals surface area contributed by atoms with E-state index in [2.05, 4.69) is 15.6 Å². The number of benzene rings is 4. The Kier molecular flexibility index (Phi) is 11.5. The number of para-hydroxylation sites is 1. The molecule has 2 aromatic heterocycles. The van der Waals surface area contributed by atoms with E-state index in [4.69, 9.17) is 14.2 Å². The molecule has 6 aromatic rings. The molecule has 55 heavy (non-hydrogen) atoms. The van der Waals surface area contributed by atoms with Crippen molar-refractivity contribution in [2.45, 2.75) is 39.5 Å². The van der Waals surface area contributed by atoms with E-state index >= 15 is 4.39 Å². The number of anilines is 1. The molecule has 0 aliphatic rings. The summed E-state index contributed by atoms with van der Waals surface area (Å²) in [7, 11) is 1.54. The number of pyridine rings is 1. The molecule has 0 unspecified atom stereocenters. The van der Waals surface area contributed by atoms with Gasteiger partial charge in [-0.3, -0.25) is 19.3 Å². The summed E-state index contributed by atoms with van der Waals surface area (Å²) in [6, 6.07) is 27.1. The highest BCUT2D eigenvalue weighted by Crippen LogP contribution is 2.33. The number of nitrogens with zero attached hydrogens (tertiary/aromatic N) is 3. The zero-order valence-corrected chi connectivity index (χ0v) is 30.2. The van der Waals surface area contributed by atoms with Gasteiger partial charge in [0, 0.05) is 35.9 Å². The molecule has 0 radical (unpaired) electrons. The van der Waals surface area contributed by atoms with Crippen molar-refractivity contribution in [1.29, 1.82) is 0 Å². The SMILES string of the molecule is COc1ccc2c(Oc3ccc(NC(=O)c4c(C)n(C[C@H](C)C[C@H](NC(=O)OCc5ccccc5)C(=O)O)n(-c5ccccc5)c4=O)cc3F)ccnc2c1. The normalized spacial score (nSPS) is 12.1. The van der Waals surface area contributed by atoms with E-state index in [1.807, 2.05) is 6.07 Å². The molecule has 0 spiro atoms. The maximum atomic E-state index is 15.4. The number of carboxylic acids is 1. The molecule has 0 fully saturated rings. The number of amides is 2. The van der Waals surface area contributed by atoms with Crippen LogP contribution in [-0.2, 0) is 22.7 Å². The Balaban J connectivity index is 1.19. The Morgan fingerprint density at radius 3 is 2.35 bits per heavy atom. The van der Waals surface area contributed by atoms with E-state index in [0.29, 0.717) is 33.8 Å². The number of hydrogen-bond donors (Lipinski definition) is 3. The topological polar surface area (TPSA) is 163 Å². The number of hydrogen-bond acceptors (Lipinski definition) is 8. The fourth-order valence-electron chi connectivity index (χ4n) is 6.15. The largest absolute Gasteiger partial charge is 0.497 e. The van der Waals surface area contributed by atoms with Crippen molar-refractivity contribution in [3.8, 4) is 22.9 Å². The van der Waals surface area contributed by atoms with Crippen LogP contribution in [0.3, 0.4) is 0 Å². The molecule has 13 nitrogen and oxygen atoms in total. The van der Waals surface area contributed by atoms with Crippen LogP contribution in [0.5, 0.6) is 17.2 Å². The van der Waals surface area contributed by atoms with Gasteiger partial charge in [0.25, 0.3) is 11.5 Å². The smallest absolute Gasteiger partial charge is 0.408 e. The van der Waals surface area contributed by atoms with Gasteiger partial charge in [-0.2, -0.15) is 0 Å². The average Bonchev–Trinajstić information content (AvgIpc) is 3.42. The number of aromatic nitrogens is 3. The van der Waals surface area contributed by atoms with Crippen LogP contribution in [0.2, 0.25) is 0 Å². The van der Waals surface area contributed by atoms with E-state index in [9.17, 15) is 24.3 Å². The maximum Gasteiger partial charge on any atom is 0.408 e. The van der Waals surface area contributed by atoms with E-state index in [-0.39, 0.29) is 36.6 Å². The van der Waals surface area contributed by atoms with Crippen LogP contribution in [0.15, 0.2) is 114 Å². The molecule has 282 valence electrons. The predicted octanol–water partition coefficient (Wildman–Crippen LogP) is 7.09. The second-order valence-corrected chi connectivity index (χ2v) is 12.8. The van der Waals surface area contributed by atoms with Crippen molar-refractivity contribution in [2.24, 2.45) is 5.92 Å². The lowest BCUT2D eigenvalue weighted by Gasteiger charge is -2.21. The van der Waals surface area contributed by atoms with Crippen LogP contribution in [-0.4, -0.2) is 50.6 Å². The predicted molar refractivity (Wildman–Crippen MR) is 202 cm³/mol. The van der Waals surface area contributed by atoms with Crippen LogP contribution in [0.4, 0.5) is 14.9 Å².